The van der Waals surface area contributed by atoms with E-state index in [2.05, 4.69) is 22.4 Å². The molecule has 136 valence electrons. The first kappa shape index (κ1) is 20.5. The second-order valence-electron chi connectivity index (χ2n) is 5.60. The number of thioether (sulfide) groups is 1. The summed E-state index contributed by atoms with van der Waals surface area (Å²) in [5.74, 6) is 0.662. The van der Waals surface area contributed by atoms with Crippen LogP contribution in [0.15, 0.2) is 22.5 Å². The summed E-state index contributed by atoms with van der Waals surface area (Å²) in [4.78, 5) is 12.3. The second kappa shape index (κ2) is 10.4. The minimum Gasteiger partial charge on any atom is -0.300 e. The number of nitrogens with zero attached hydrogens (tertiary/aromatic N) is 2. The zero-order chi connectivity index (χ0) is 18.2. The maximum Gasteiger partial charge on any atom is 0.229 e. The van der Waals surface area contributed by atoms with Gasteiger partial charge < -0.3 is 5.32 Å². The van der Waals surface area contributed by atoms with E-state index in [1.165, 1.54) is 23.1 Å². The van der Waals surface area contributed by atoms with Gasteiger partial charge in [0.15, 0.2) is 4.34 Å². The van der Waals surface area contributed by atoms with Crippen LogP contribution in [0, 0.1) is 5.92 Å². The van der Waals surface area contributed by atoms with Gasteiger partial charge in [0, 0.05) is 21.7 Å². The Bertz CT molecular complexity index is 689. The number of carbonyl (C=O) groups is 1. The van der Waals surface area contributed by atoms with Crippen LogP contribution in [0.1, 0.15) is 45.1 Å². The Kier molecular flexibility index (Phi) is 8.49. The van der Waals surface area contributed by atoms with E-state index >= 15 is 0 Å². The summed E-state index contributed by atoms with van der Waals surface area (Å²) < 4.78 is 0.771. The molecule has 0 unspecified atom stereocenters. The van der Waals surface area contributed by atoms with E-state index in [0.29, 0.717) is 20.9 Å². The number of aromatic nitrogens is 2. The molecular weight excluding hydrogens is 397 g/mol. The van der Waals surface area contributed by atoms with Gasteiger partial charge in [0.05, 0.1) is 0 Å². The summed E-state index contributed by atoms with van der Waals surface area (Å²) in [7, 11) is 0. The second-order valence-corrected chi connectivity index (χ2v) is 8.61. The molecule has 0 spiro atoms. The third kappa shape index (κ3) is 6.13. The molecule has 4 nitrogen and oxygen atoms in total. The van der Waals surface area contributed by atoms with Gasteiger partial charge in [-0.2, -0.15) is 0 Å². The minimum absolute atomic E-state index is 0.0257. The number of anilines is 1. The van der Waals surface area contributed by atoms with Gasteiger partial charge in [-0.1, -0.05) is 79.1 Å². The molecule has 1 heterocycles. The van der Waals surface area contributed by atoms with E-state index < -0.39 is 0 Å². The predicted octanol–water partition coefficient (Wildman–Crippen LogP) is 6.29. The van der Waals surface area contributed by atoms with Crippen LogP contribution in [0.25, 0.3) is 0 Å². The van der Waals surface area contributed by atoms with E-state index in [1.54, 1.807) is 0 Å². The molecule has 0 bridgehead atoms. The average molecular weight is 418 g/mol. The summed E-state index contributed by atoms with van der Waals surface area (Å²) >= 11 is 15.2. The molecule has 1 amide bonds. The Hall–Kier alpha value is -0.820. The molecule has 0 aliphatic rings. The number of rotatable bonds is 9. The molecule has 1 aromatic carbocycles. The van der Waals surface area contributed by atoms with Gasteiger partial charge in [0.2, 0.25) is 11.0 Å². The van der Waals surface area contributed by atoms with Crippen molar-refractivity contribution in [3.8, 4) is 0 Å². The fourth-order valence-corrected chi connectivity index (χ4v) is 4.80. The number of carbonyl (C=O) groups excluding carboxylic acids is 1. The summed E-state index contributed by atoms with van der Waals surface area (Å²) in [5.41, 5.74) is 0.877. The van der Waals surface area contributed by atoms with Gasteiger partial charge in [-0.15, -0.1) is 10.2 Å². The lowest BCUT2D eigenvalue weighted by atomic mass is 9.99. The van der Waals surface area contributed by atoms with Crippen molar-refractivity contribution in [2.75, 3.05) is 5.32 Å². The highest BCUT2D eigenvalue weighted by Gasteiger charge is 2.18. The summed E-state index contributed by atoms with van der Waals surface area (Å²) in [6, 6.07) is 5.45. The zero-order valence-corrected chi connectivity index (χ0v) is 17.4. The van der Waals surface area contributed by atoms with Crippen molar-refractivity contribution in [3.05, 3.63) is 33.8 Å². The fourth-order valence-electron chi connectivity index (χ4n) is 2.30. The normalized spacial score (nSPS) is 12.2. The number of amides is 1. The summed E-state index contributed by atoms with van der Waals surface area (Å²) in [6.07, 6.45) is 3.89. The van der Waals surface area contributed by atoms with Crippen LogP contribution in [0.3, 0.4) is 0 Å². The van der Waals surface area contributed by atoms with Gasteiger partial charge in [0.25, 0.3) is 0 Å². The Morgan fingerprint density at radius 1 is 1.28 bits per heavy atom. The third-order valence-corrected chi connectivity index (χ3v) is 6.51. The lowest BCUT2D eigenvalue weighted by Gasteiger charge is -2.12. The number of nitrogens with one attached hydrogen (secondary N) is 1. The first-order valence-electron chi connectivity index (χ1n) is 8.25. The molecule has 1 N–H and O–H groups in total. The van der Waals surface area contributed by atoms with Crippen molar-refractivity contribution in [2.24, 2.45) is 5.92 Å². The summed E-state index contributed by atoms with van der Waals surface area (Å²) in [6.45, 7) is 4.17. The van der Waals surface area contributed by atoms with Crippen LogP contribution in [-0.4, -0.2) is 16.1 Å². The van der Waals surface area contributed by atoms with E-state index in [0.717, 1.165) is 35.6 Å². The van der Waals surface area contributed by atoms with Crippen LogP contribution in [-0.2, 0) is 10.5 Å². The van der Waals surface area contributed by atoms with Gasteiger partial charge in [0.1, 0.15) is 0 Å². The highest BCUT2D eigenvalue weighted by molar-refractivity contribution is 8.00. The molecule has 1 aromatic heterocycles. The quantitative estimate of drug-likeness (QED) is 0.384. The number of hydrogen-bond acceptors (Lipinski definition) is 5. The Morgan fingerprint density at radius 2 is 2.00 bits per heavy atom. The van der Waals surface area contributed by atoms with E-state index in [4.69, 9.17) is 23.2 Å². The predicted molar refractivity (Wildman–Crippen MR) is 108 cm³/mol. The van der Waals surface area contributed by atoms with Gasteiger partial charge in [-0.25, -0.2) is 0 Å². The topological polar surface area (TPSA) is 54.9 Å². The van der Waals surface area contributed by atoms with Gasteiger partial charge in [-0.3, -0.25) is 4.79 Å². The maximum absolute atomic E-state index is 12.3. The number of benzene rings is 1. The molecule has 25 heavy (non-hydrogen) atoms. The van der Waals surface area contributed by atoms with Crippen molar-refractivity contribution in [3.63, 3.8) is 0 Å². The largest absolute Gasteiger partial charge is 0.300 e. The van der Waals surface area contributed by atoms with E-state index in [1.807, 2.05) is 25.1 Å². The highest BCUT2D eigenvalue weighted by atomic mass is 35.5. The van der Waals surface area contributed by atoms with Crippen molar-refractivity contribution in [2.45, 2.75) is 49.6 Å². The lowest BCUT2D eigenvalue weighted by Crippen LogP contribution is -2.22. The van der Waals surface area contributed by atoms with Crippen LogP contribution in [0.5, 0.6) is 0 Å². The lowest BCUT2D eigenvalue weighted by molar-refractivity contribution is -0.120. The fraction of sp³-hybridized carbons (Fsp3) is 0.471. The van der Waals surface area contributed by atoms with Crippen LogP contribution >= 0.6 is 46.3 Å². The first-order chi connectivity index (χ1) is 12.0. The van der Waals surface area contributed by atoms with Crippen molar-refractivity contribution in [1.29, 1.82) is 0 Å². The summed E-state index contributed by atoms with van der Waals surface area (Å²) in [5, 5.41) is 12.9. The van der Waals surface area contributed by atoms with Gasteiger partial charge in [-0.05, 0) is 30.5 Å². The Morgan fingerprint density at radius 3 is 2.64 bits per heavy atom. The SMILES string of the molecule is CCCC[C@H](CC)C(=O)Nc1nnc(SCc2c(Cl)cccc2Cl)s1. The molecule has 2 rings (SSSR count). The number of halogens is 2. The van der Waals surface area contributed by atoms with E-state index in [-0.39, 0.29) is 11.8 Å². The van der Waals surface area contributed by atoms with Gasteiger partial charge >= 0.3 is 0 Å². The molecule has 0 fully saturated rings. The third-order valence-electron chi connectivity index (χ3n) is 3.81. The van der Waals surface area contributed by atoms with Crippen molar-refractivity contribution >= 4 is 57.3 Å². The molecule has 2 aromatic rings. The molecule has 8 heteroatoms. The number of hydrogen-bond donors (Lipinski definition) is 1. The van der Waals surface area contributed by atoms with Crippen molar-refractivity contribution < 1.29 is 4.79 Å². The molecule has 1 atom stereocenters. The molecule has 0 aliphatic carbocycles. The molecular formula is C17H21Cl2N3OS2. The van der Waals surface area contributed by atoms with Crippen LogP contribution in [0.4, 0.5) is 5.13 Å². The molecule has 0 saturated heterocycles. The van der Waals surface area contributed by atoms with Crippen LogP contribution < -0.4 is 5.32 Å². The average Bonchev–Trinajstić information content (AvgIpc) is 3.02. The van der Waals surface area contributed by atoms with E-state index in [9.17, 15) is 4.79 Å². The monoisotopic (exact) mass is 417 g/mol. The Balaban J connectivity index is 1.92. The smallest absolute Gasteiger partial charge is 0.229 e. The maximum atomic E-state index is 12.3. The molecule has 0 saturated carbocycles. The Labute approximate surface area is 166 Å². The number of unbranched alkanes of at least 4 members (excludes halogenated alkanes) is 1. The first-order valence-corrected chi connectivity index (χ1v) is 10.8. The zero-order valence-electron chi connectivity index (χ0n) is 14.2. The van der Waals surface area contributed by atoms with Crippen molar-refractivity contribution in [1.82, 2.24) is 10.2 Å². The molecule has 0 aliphatic heterocycles. The highest BCUT2D eigenvalue weighted by Crippen LogP contribution is 2.33. The minimum atomic E-state index is 0.0257. The van der Waals surface area contributed by atoms with Crippen LogP contribution in [0.2, 0.25) is 10.0 Å². The standard InChI is InChI=1S/C17H21Cl2N3OS2/c1-3-5-7-11(4-2)15(23)20-16-21-22-17(25-16)24-10-12-13(18)8-6-9-14(12)19/h6,8-9,11H,3-5,7,10H2,1-2H3,(H,20,21,23)/t11-/m0/s1. The molecule has 0 radical (unpaired) electrons.